The molecular weight excluding hydrogens is 478 g/mol. The van der Waals surface area contributed by atoms with Crippen molar-refractivity contribution < 1.29 is 13.6 Å². The molecule has 2 aromatic heterocycles. The molecule has 3 saturated heterocycles. The molecular formula is C26H38F2N8O. The predicted octanol–water partition coefficient (Wildman–Crippen LogP) is 4.67. The van der Waals surface area contributed by atoms with Gasteiger partial charge < -0.3 is 20.4 Å². The Balaban J connectivity index is 1.22. The molecule has 0 radical (unpaired) electrons. The molecule has 5 heterocycles. The highest BCUT2D eigenvalue weighted by molar-refractivity contribution is 5.76. The van der Waals surface area contributed by atoms with Crippen LogP contribution in [0.25, 0.3) is 0 Å². The van der Waals surface area contributed by atoms with E-state index in [1.54, 1.807) is 0 Å². The first-order chi connectivity index (χ1) is 17.9. The molecule has 2 unspecified atom stereocenters. The number of amides is 1. The third-order valence-corrected chi connectivity index (χ3v) is 8.23. The average Bonchev–Trinajstić information content (AvgIpc) is 3.21. The van der Waals surface area contributed by atoms with Crippen LogP contribution in [0.15, 0.2) is 12.4 Å². The highest BCUT2D eigenvalue weighted by Gasteiger charge is 2.39. The Hall–Kier alpha value is -2.82. The van der Waals surface area contributed by atoms with Crippen LogP contribution in [0.1, 0.15) is 81.5 Å². The largest absolute Gasteiger partial charge is 0.369 e. The van der Waals surface area contributed by atoms with Gasteiger partial charge in [0, 0.05) is 50.5 Å². The van der Waals surface area contributed by atoms with Gasteiger partial charge >= 0.3 is 0 Å². The van der Waals surface area contributed by atoms with Crippen molar-refractivity contribution in [3.05, 3.63) is 23.7 Å². The molecule has 3 aliphatic heterocycles. The molecule has 0 aliphatic carbocycles. The van der Waals surface area contributed by atoms with Gasteiger partial charge in [-0.25, -0.2) is 13.8 Å². The Morgan fingerprint density at radius 3 is 2.68 bits per heavy atom. The Morgan fingerprint density at radius 1 is 1.14 bits per heavy atom. The number of halogens is 2. The molecule has 2 aromatic rings. The molecule has 2 bridgehead atoms. The topological polar surface area (TPSA) is 91.2 Å². The molecule has 11 heteroatoms. The van der Waals surface area contributed by atoms with Gasteiger partial charge in [-0.05, 0) is 58.9 Å². The number of aromatic nitrogens is 4. The van der Waals surface area contributed by atoms with Crippen molar-refractivity contribution in [3.8, 4) is 0 Å². The van der Waals surface area contributed by atoms with Gasteiger partial charge in [0.15, 0.2) is 0 Å². The summed E-state index contributed by atoms with van der Waals surface area (Å²) in [5.41, 5.74) is 1.37. The summed E-state index contributed by atoms with van der Waals surface area (Å²) in [4.78, 5) is 25.1. The molecule has 3 fully saturated rings. The molecule has 0 aromatic carbocycles. The van der Waals surface area contributed by atoms with Crippen LogP contribution in [0, 0.1) is 6.92 Å². The van der Waals surface area contributed by atoms with Gasteiger partial charge in [-0.15, -0.1) is 0 Å². The fourth-order valence-corrected chi connectivity index (χ4v) is 6.01. The minimum Gasteiger partial charge on any atom is -0.369 e. The van der Waals surface area contributed by atoms with Gasteiger partial charge in [0.2, 0.25) is 11.9 Å². The maximum atomic E-state index is 13.6. The zero-order valence-electron chi connectivity index (χ0n) is 21.8. The van der Waals surface area contributed by atoms with Crippen molar-refractivity contribution in [1.82, 2.24) is 29.5 Å². The fraction of sp³-hybridized carbons (Fsp3) is 0.692. The lowest BCUT2D eigenvalue weighted by Gasteiger charge is -2.36. The van der Waals surface area contributed by atoms with Crippen LogP contribution in [-0.4, -0.2) is 74.2 Å². The van der Waals surface area contributed by atoms with Crippen LogP contribution in [-0.2, 0) is 4.79 Å². The zero-order chi connectivity index (χ0) is 25.9. The summed E-state index contributed by atoms with van der Waals surface area (Å²) < 4.78 is 29.3. The second-order valence-electron chi connectivity index (χ2n) is 10.7. The van der Waals surface area contributed by atoms with Crippen LogP contribution in [0.3, 0.4) is 0 Å². The van der Waals surface area contributed by atoms with Gasteiger partial charge in [0.1, 0.15) is 5.82 Å². The van der Waals surface area contributed by atoms with E-state index in [4.69, 9.17) is 5.10 Å². The molecule has 1 amide bonds. The van der Waals surface area contributed by atoms with Crippen LogP contribution in [0.2, 0.25) is 0 Å². The number of hydrogen-bond acceptors (Lipinski definition) is 7. The van der Waals surface area contributed by atoms with Crippen molar-refractivity contribution in [3.63, 3.8) is 0 Å². The van der Waals surface area contributed by atoms with Crippen molar-refractivity contribution in [2.24, 2.45) is 0 Å². The van der Waals surface area contributed by atoms with E-state index >= 15 is 0 Å². The maximum absolute atomic E-state index is 13.6. The minimum atomic E-state index is -2.69. The van der Waals surface area contributed by atoms with E-state index in [1.165, 1.54) is 19.0 Å². The molecule has 5 rings (SSSR count). The number of alkyl halides is 2. The number of carbonyl (C=O) groups excluding carboxylic acids is 1. The van der Waals surface area contributed by atoms with Gasteiger partial charge in [-0.3, -0.25) is 9.48 Å². The lowest BCUT2D eigenvalue weighted by Crippen LogP contribution is -2.40. The van der Waals surface area contributed by atoms with E-state index < -0.39 is 6.43 Å². The first-order valence-electron chi connectivity index (χ1n) is 13.6. The number of carbonyl (C=O) groups is 1. The molecule has 37 heavy (non-hydrogen) atoms. The summed E-state index contributed by atoms with van der Waals surface area (Å²) in [7, 11) is 2.22. The van der Waals surface area contributed by atoms with E-state index in [9.17, 15) is 13.6 Å². The Morgan fingerprint density at radius 2 is 1.92 bits per heavy atom. The lowest BCUT2D eigenvalue weighted by atomic mass is 9.98. The minimum absolute atomic E-state index is 0.117. The van der Waals surface area contributed by atoms with Gasteiger partial charge in [0.05, 0.1) is 23.0 Å². The SMILES string of the molecule is Cc1nn(C2CC3CCC(C2)N3C)cc1Nc1ncc(C(F)F)c(NCCCN2CCCCCC2=O)n1. The van der Waals surface area contributed by atoms with Crippen molar-refractivity contribution in [1.29, 1.82) is 0 Å². The molecule has 0 saturated carbocycles. The van der Waals surface area contributed by atoms with Crippen LogP contribution < -0.4 is 10.6 Å². The third-order valence-electron chi connectivity index (χ3n) is 8.23. The number of aryl methyl sites for hydroxylation is 1. The van der Waals surface area contributed by atoms with Gasteiger partial charge in [0.25, 0.3) is 6.43 Å². The average molecular weight is 517 g/mol. The molecule has 0 spiro atoms. The number of piperidine rings is 1. The lowest BCUT2D eigenvalue weighted by molar-refractivity contribution is -0.130. The first-order valence-corrected chi connectivity index (χ1v) is 13.6. The van der Waals surface area contributed by atoms with E-state index in [1.807, 2.05) is 22.7 Å². The third kappa shape index (κ3) is 5.86. The molecule has 2 N–H and O–H groups in total. The summed E-state index contributed by atoms with van der Waals surface area (Å²) >= 11 is 0. The number of nitrogens with one attached hydrogen (secondary N) is 2. The number of hydrogen-bond donors (Lipinski definition) is 2. The first kappa shape index (κ1) is 25.8. The van der Waals surface area contributed by atoms with E-state index in [-0.39, 0.29) is 23.2 Å². The highest BCUT2D eigenvalue weighted by Crippen LogP contribution is 2.40. The summed E-state index contributed by atoms with van der Waals surface area (Å²) in [5.74, 6) is 0.551. The Labute approximate surface area is 217 Å². The van der Waals surface area contributed by atoms with Crippen molar-refractivity contribution in [2.45, 2.75) is 89.3 Å². The molecule has 202 valence electrons. The highest BCUT2D eigenvalue weighted by atomic mass is 19.3. The van der Waals surface area contributed by atoms with Crippen molar-refractivity contribution in [2.75, 3.05) is 37.3 Å². The Kier molecular flexibility index (Phi) is 7.87. The fourth-order valence-electron chi connectivity index (χ4n) is 6.01. The predicted molar refractivity (Wildman–Crippen MR) is 138 cm³/mol. The second kappa shape index (κ2) is 11.3. The van der Waals surface area contributed by atoms with Crippen molar-refractivity contribution >= 4 is 23.4 Å². The van der Waals surface area contributed by atoms with Gasteiger partial charge in [-0.2, -0.15) is 10.1 Å². The standard InChI is InChI=1S/C26H38F2N8O/c1-17-22(16-36(33-17)20-13-18-8-9-19(14-20)34(18)2)31-26-30-15-21(24(27)28)25(32-26)29-10-6-12-35-11-5-3-4-7-23(35)37/h15-16,18-20,24H,3-14H2,1-2H3,(H2,29,30,31,32). The van der Waals surface area contributed by atoms with Gasteiger partial charge in [-0.1, -0.05) is 6.42 Å². The second-order valence-corrected chi connectivity index (χ2v) is 10.7. The molecule has 9 nitrogen and oxygen atoms in total. The quantitative estimate of drug-likeness (QED) is 0.468. The van der Waals surface area contributed by atoms with E-state index in [0.717, 1.165) is 50.0 Å². The summed E-state index contributed by atoms with van der Waals surface area (Å²) in [6.07, 6.45) is 9.44. The smallest absolute Gasteiger partial charge is 0.268 e. The van der Waals surface area contributed by atoms with Crippen LogP contribution in [0.5, 0.6) is 0 Å². The van der Waals surface area contributed by atoms with E-state index in [0.29, 0.717) is 44.1 Å². The summed E-state index contributed by atoms with van der Waals surface area (Å²) in [6, 6.07) is 1.58. The number of anilines is 3. The number of fused-ring (bicyclic) bond motifs is 2. The number of rotatable bonds is 9. The van der Waals surface area contributed by atoms with Crippen LogP contribution >= 0.6 is 0 Å². The summed E-state index contributed by atoms with van der Waals surface area (Å²) in [5, 5.41) is 11.0. The number of likely N-dealkylation sites (tertiary alicyclic amines) is 1. The molecule has 2 atom stereocenters. The Bertz CT molecular complexity index is 1080. The zero-order valence-corrected chi connectivity index (χ0v) is 21.8. The monoisotopic (exact) mass is 516 g/mol. The normalized spacial score (nSPS) is 24.5. The number of nitrogens with zero attached hydrogens (tertiary/aromatic N) is 6. The molecule has 3 aliphatic rings. The van der Waals surface area contributed by atoms with Crippen LogP contribution in [0.4, 0.5) is 26.2 Å². The van der Waals surface area contributed by atoms with E-state index in [2.05, 4.69) is 32.5 Å². The summed E-state index contributed by atoms with van der Waals surface area (Å²) in [6.45, 7) is 3.76. The maximum Gasteiger partial charge on any atom is 0.268 e.